The van der Waals surface area contributed by atoms with Gasteiger partial charge in [-0.05, 0) is 65.9 Å². The van der Waals surface area contributed by atoms with Crippen LogP contribution in [0.1, 0.15) is 40.8 Å². The molecule has 0 saturated carbocycles. The summed E-state index contributed by atoms with van der Waals surface area (Å²) >= 11 is 6.15. The van der Waals surface area contributed by atoms with Crippen molar-refractivity contribution in [2.24, 2.45) is 0 Å². The van der Waals surface area contributed by atoms with Gasteiger partial charge >= 0.3 is 6.18 Å². The minimum atomic E-state index is -5.06. The Morgan fingerprint density at radius 2 is 1.83 bits per heavy atom. The number of carbonyl (C=O) groups is 1. The van der Waals surface area contributed by atoms with Crippen molar-refractivity contribution in [3.63, 3.8) is 0 Å². The molecule has 2 aromatic carbocycles. The van der Waals surface area contributed by atoms with Crippen LogP contribution in [-0.4, -0.2) is 27.4 Å². The Bertz CT molecular complexity index is 1640. The Morgan fingerprint density at radius 3 is 2.51 bits per heavy atom. The molecule has 41 heavy (non-hydrogen) atoms. The first kappa shape index (κ1) is 28.5. The van der Waals surface area contributed by atoms with Gasteiger partial charge in [0.25, 0.3) is 0 Å². The molecule has 3 atom stereocenters. The third-order valence-electron chi connectivity index (χ3n) is 6.78. The quantitative estimate of drug-likeness (QED) is 0.172. The molecule has 0 fully saturated rings. The van der Waals surface area contributed by atoms with Gasteiger partial charge in [-0.15, -0.1) is 11.6 Å². The maximum Gasteiger partial charge on any atom is 0.404 e. The van der Waals surface area contributed by atoms with Gasteiger partial charge in [0.15, 0.2) is 5.92 Å². The minimum absolute atomic E-state index is 0.0936. The second kappa shape index (κ2) is 11.4. The summed E-state index contributed by atoms with van der Waals surface area (Å²) in [7, 11) is 0. The smallest absolute Gasteiger partial charge is 0.361 e. The molecular formula is C30H22ClF6N3O. The van der Waals surface area contributed by atoms with E-state index >= 15 is 0 Å². The van der Waals surface area contributed by atoms with E-state index in [2.05, 4.69) is 15.3 Å². The largest absolute Gasteiger partial charge is 0.404 e. The SMILES string of the molecule is O=C(N[C@@H](Cc1cc(F)cc(F)c1)c1ncccc1C1=CCC(Cl)C=C1)C(c1c[nH]c2ccc(F)cc12)C(F)(F)F. The molecule has 0 saturated heterocycles. The van der Waals surface area contributed by atoms with Crippen LogP contribution in [0.3, 0.4) is 0 Å². The van der Waals surface area contributed by atoms with Crippen LogP contribution < -0.4 is 5.32 Å². The number of aromatic amines is 1. The molecule has 2 aromatic heterocycles. The Balaban J connectivity index is 1.58. The Hall–Kier alpha value is -4.05. The molecule has 212 valence electrons. The van der Waals surface area contributed by atoms with Crippen molar-refractivity contribution in [1.29, 1.82) is 0 Å². The molecule has 2 N–H and O–H groups in total. The second-order valence-corrected chi connectivity index (χ2v) is 10.2. The van der Waals surface area contributed by atoms with Crippen LogP contribution in [0, 0.1) is 17.5 Å². The van der Waals surface area contributed by atoms with Crippen LogP contribution in [0.5, 0.6) is 0 Å². The van der Waals surface area contributed by atoms with Gasteiger partial charge in [-0.1, -0.05) is 24.3 Å². The first-order valence-corrected chi connectivity index (χ1v) is 13.0. The summed E-state index contributed by atoms with van der Waals surface area (Å²) in [5.74, 6) is -6.65. The fourth-order valence-electron chi connectivity index (χ4n) is 4.99. The number of hydrogen-bond acceptors (Lipinski definition) is 2. The van der Waals surface area contributed by atoms with Crippen LogP contribution in [0.25, 0.3) is 16.5 Å². The number of benzene rings is 2. The number of alkyl halides is 4. The van der Waals surface area contributed by atoms with Crippen LogP contribution in [0.4, 0.5) is 26.3 Å². The second-order valence-electron chi connectivity index (χ2n) is 9.66. The molecule has 11 heteroatoms. The van der Waals surface area contributed by atoms with Crippen molar-refractivity contribution in [1.82, 2.24) is 15.3 Å². The van der Waals surface area contributed by atoms with E-state index in [0.29, 0.717) is 23.6 Å². The summed E-state index contributed by atoms with van der Waals surface area (Å²) < 4.78 is 85.4. The molecule has 2 heterocycles. The van der Waals surface area contributed by atoms with Gasteiger partial charge < -0.3 is 10.3 Å². The standard InChI is InChI=1S/C30H22ClF6N3O/c31-18-5-3-17(4-6-18)22-2-1-9-38-28(22)26(12-16-10-20(33)13-21(34)11-16)40-29(41)27(30(35,36)37)24-15-39-25-8-7-19(32)14-23(24)25/h1-5,7-11,13-15,18,26-27,39H,6,12H2,(H,40,41)/t18?,26-,27?/m0/s1. The lowest BCUT2D eigenvalue weighted by Gasteiger charge is -2.26. The molecular weight excluding hydrogens is 568 g/mol. The molecule has 0 radical (unpaired) electrons. The summed E-state index contributed by atoms with van der Waals surface area (Å²) in [5, 5.41) is 2.09. The van der Waals surface area contributed by atoms with Gasteiger partial charge in [-0.2, -0.15) is 13.2 Å². The predicted octanol–water partition coefficient (Wildman–Crippen LogP) is 7.68. The normalized spacial score (nSPS) is 16.9. The van der Waals surface area contributed by atoms with E-state index in [0.717, 1.165) is 30.5 Å². The van der Waals surface area contributed by atoms with E-state index in [4.69, 9.17) is 11.6 Å². The number of nitrogens with zero attached hydrogens (tertiary/aromatic N) is 1. The maximum absolute atomic E-state index is 14.4. The van der Waals surface area contributed by atoms with Gasteiger partial charge in [-0.25, -0.2) is 13.2 Å². The third-order valence-corrected chi connectivity index (χ3v) is 7.11. The lowest BCUT2D eigenvalue weighted by atomic mass is 9.91. The molecule has 2 unspecified atom stereocenters. The van der Waals surface area contributed by atoms with E-state index in [1.165, 1.54) is 12.3 Å². The third kappa shape index (κ3) is 6.32. The Morgan fingerprint density at radius 1 is 1.07 bits per heavy atom. The monoisotopic (exact) mass is 589 g/mol. The highest BCUT2D eigenvalue weighted by Crippen LogP contribution is 2.40. The first-order chi connectivity index (χ1) is 19.5. The summed E-state index contributed by atoms with van der Waals surface area (Å²) in [6.45, 7) is 0. The molecule has 0 bridgehead atoms. The summed E-state index contributed by atoms with van der Waals surface area (Å²) in [4.78, 5) is 20.5. The van der Waals surface area contributed by atoms with Crippen molar-refractivity contribution in [2.45, 2.75) is 36.4 Å². The topological polar surface area (TPSA) is 57.8 Å². The van der Waals surface area contributed by atoms with Gasteiger partial charge in [0.1, 0.15) is 17.5 Å². The minimum Gasteiger partial charge on any atom is -0.361 e. The number of amides is 1. The lowest BCUT2D eigenvalue weighted by Crippen LogP contribution is -2.40. The van der Waals surface area contributed by atoms with Crippen molar-refractivity contribution < 1.29 is 31.1 Å². The fourth-order valence-corrected chi connectivity index (χ4v) is 5.15. The number of halogens is 7. The van der Waals surface area contributed by atoms with Gasteiger partial charge in [0.2, 0.25) is 5.91 Å². The highest BCUT2D eigenvalue weighted by atomic mass is 35.5. The summed E-state index contributed by atoms with van der Waals surface area (Å²) in [6, 6.07) is 8.10. The number of nitrogens with one attached hydrogen (secondary N) is 2. The molecule has 1 amide bonds. The van der Waals surface area contributed by atoms with Crippen molar-refractivity contribution in [3.05, 3.63) is 119 Å². The van der Waals surface area contributed by atoms with Crippen molar-refractivity contribution in [3.8, 4) is 0 Å². The van der Waals surface area contributed by atoms with Crippen LogP contribution in [0.15, 0.2) is 79.2 Å². The number of H-pyrrole nitrogens is 1. The molecule has 4 aromatic rings. The first-order valence-electron chi connectivity index (χ1n) is 12.6. The highest BCUT2D eigenvalue weighted by molar-refractivity contribution is 6.22. The zero-order chi connectivity index (χ0) is 29.3. The van der Waals surface area contributed by atoms with E-state index in [1.54, 1.807) is 24.3 Å². The molecule has 4 nitrogen and oxygen atoms in total. The number of hydrogen-bond donors (Lipinski definition) is 2. The zero-order valence-corrected chi connectivity index (χ0v) is 21.9. The molecule has 1 aliphatic carbocycles. The highest BCUT2D eigenvalue weighted by Gasteiger charge is 2.47. The van der Waals surface area contributed by atoms with Gasteiger partial charge in [0.05, 0.1) is 17.1 Å². The lowest BCUT2D eigenvalue weighted by molar-refractivity contribution is -0.165. The average molecular weight is 590 g/mol. The van der Waals surface area contributed by atoms with E-state index < -0.39 is 47.1 Å². The molecule has 0 spiro atoms. The Labute approximate surface area is 235 Å². The number of carbonyl (C=O) groups excluding carboxylic acids is 1. The van der Waals surface area contributed by atoms with Crippen LogP contribution >= 0.6 is 11.6 Å². The number of fused-ring (bicyclic) bond motifs is 1. The average Bonchev–Trinajstić information content (AvgIpc) is 3.30. The van der Waals surface area contributed by atoms with Crippen molar-refractivity contribution in [2.75, 3.05) is 0 Å². The van der Waals surface area contributed by atoms with E-state index in [9.17, 15) is 31.1 Å². The fraction of sp³-hybridized carbons (Fsp3) is 0.200. The van der Waals surface area contributed by atoms with Gasteiger partial charge in [0, 0.05) is 34.9 Å². The number of aromatic nitrogens is 2. The zero-order valence-electron chi connectivity index (χ0n) is 21.2. The van der Waals surface area contributed by atoms with E-state index in [-0.39, 0.29) is 34.0 Å². The number of allylic oxidation sites excluding steroid dienone is 4. The Kier molecular flexibility index (Phi) is 7.95. The molecule has 1 aliphatic rings. The van der Waals surface area contributed by atoms with Gasteiger partial charge in [-0.3, -0.25) is 9.78 Å². The molecule has 5 rings (SSSR count). The predicted molar refractivity (Wildman–Crippen MR) is 144 cm³/mol. The van der Waals surface area contributed by atoms with Crippen LogP contribution in [-0.2, 0) is 11.2 Å². The molecule has 0 aliphatic heterocycles. The number of pyridine rings is 1. The van der Waals surface area contributed by atoms with Crippen LogP contribution in [0.2, 0.25) is 0 Å². The maximum atomic E-state index is 14.4. The summed E-state index contributed by atoms with van der Waals surface area (Å²) in [6.07, 6.45) is 2.90. The number of rotatable bonds is 7. The summed E-state index contributed by atoms with van der Waals surface area (Å²) in [5.41, 5.74) is 1.22. The van der Waals surface area contributed by atoms with E-state index in [1.807, 2.05) is 6.08 Å². The van der Waals surface area contributed by atoms with Crippen molar-refractivity contribution >= 4 is 34.0 Å².